The molecule has 0 saturated carbocycles. The number of carbonyl (C=O) groups is 1. The van der Waals surface area contributed by atoms with E-state index in [1.807, 2.05) is 24.3 Å². The predicted molar refractivity (Wildman–Crippen MR) is 110 cm³/mol. The number of piperazine rings is 1. The van der Waals surface area contributed by atoms with Crippen LogP contribution in [0, 0.1) is 0 Å². The minimum atomic E-state index is -0.0890. The molecule has 1 aliphatic heterocycles. The number of anilines is 3. The Morgan fingerprint density at radius 1 is 1.17 bits per heavy atom. The Morgan fingerprint density at radius 2 is 2.00 bits per heavy atom. The Balaban J connectivity index is 1.37. The highest BCUT2D eigenvalue weighted by atomic mass is 16.5. The van der Waals surface area contributed by atoms with Gasteiger partial charge in [-0.15, -0.1) is 0 Å². The molecule has 1 saturated heterocycles. The van der Waals surface area contributed by atoms with Crippen LogP contribution in [0.1, 0.15) is 16.4 Å². The van der Waals surface area contributed by atoms with E-state index in [0.29, 0.717) is 50.3 Å². The van der Waals surface area contributed by atoms with Crippen LogP contribution in [0.25, 0.3) is 0 Å². The van der Waals surface area contributed by atoms with Crippen LogP contribution in [0.15, 0.2) is 47.1 Å². The minimum Gasteiger partial charge on any atom is -0.497 e. The highest BCUT2D eigenvalue weighted by Gasteiger charge is 2.24. The number of rotatable bonds is 6. The van der Waals surface area contributed by atoms with Gasteiger partial charge in [0.15, 0.2) is 5.76 Å². The first-order valence-electron chi connectivity index (χ1n) is 9.57. The fraction of sp³-hybridized carbons (Fsp3) is 0.300. The molecule has 156 valence electrons. The van der Waals surface area contributed by atoms with Gasteiger partial charge in [0, 0.05) is 37.9 Å². The van der Waals surface area contributed by atoms with Crippen LogP contribution in [0.4, 0.5) is 17.6 Å². The van der Waals surface area contributed by atoms with E-state index in [9.17, 15) is 4.79 Å². The van der Waals surface area contributed by atoms with Gasteiger partial charge in [-0.25, -0.2) is 0 Å². The van der Waals surface area contributed by atoms with Gasteiger partial charge in [-0.1, -0.05) is 6.07 Å². The second-order valence-corrected chi connectivity index (χ2v) is 6.84. The number of aromatic nitrogens is 3. The molecule has 0 bridgehead atoms. The molecule has 3 heterocycles. The predicted octanol–water partition coefficient (Wildman–Crippen LogP) is 1.76. The number of nitrogens with one attached hydrogen (secondary N) is 1. The molecule has 3 N–H and O–H groups in total. The third-order valence-corrected chi connectivity index (χ3v) is 4.78. The van der Waals surface area contributed by atoms with E-state index in [1.165, 1.54) is 6.26 Å². The number of amides is 1. The molecule has 10 nitrogen and oxygen atoms in total. The molecule has 0 unspecified atom stereocenters. The normalized spacial score (nSPS) is 14.5. The van der Waals surface area contributed by atoms with E-state index < -0.39 is 0 Å². The van der Waals surface area contributed by atoms with Crippen molar-refractivity contribution in [2.45, 2.75) is 6.54 Å². The number of ether oxygens (including phenoxy) is 1. The van der Waals surface area contributed by atoms with Crippen molar-refractivity contribution in [1.29, 1.82) is 0 Å². The van der Waals surface area contributed by atoms with Crippen molar-refractivity contribution in [2.75, 3.05) is 44.3 Å². The molecule has 4 rings (SSSR count). The number of nitrogen functional groups attached to an aromatic ring is 1. The van der Waals surface area contributed by atoms with Crippen molar-refractivity contribution < 1.29 is 13.9 Å². The van der Waals surface area contributed by atoms with Gasteiger partial charge in [0.25, 0.3) is 5.91 Å². The number of furan rings is 1. The third kappa shape index (κ3) is 4.66. The Hall–Kier alpha value is -3.66. The number of hydrogen-bond donors (Lipinski definition) is 2. The molecule has 3 aromatic rings. The van der Waals surface area contributed by atoms with E-state index >= 15 is 0 Å². The second kappa shape index (κ2) is 8.78. The van der Waals surface area contributed by atoms with Crippen molar-refractivity contribution in [2.24, 2.45) is 0 Å². The zero-order valence-corrected chi connectivity index (χ0v) is 16.6. The van der Waals surface area contributed by atoms with Crippen molar-refractivity contribution in [1.82, 2.24) is 24.8 Å². The summed E-state index contributed by atoms with van der Waals surface area (Å²) in [7, 11) is 1.61. The van der Waals surface area contributed by atoms with Crippen LogP contribution in [0.2, 0.25) is 0 Å². The zero-order valence-electron chi connectivity index (χ0n) is 16.6. The first-order chi connectivity index (χ1) is 14.6. The van der Waals surface area contributed by atoms with E-state index in [-0.39, 0.29) is 11.9 Å². The topological polar surface area (TPSA) is 123 Å². The molecule has 0 spiro atoms. The van der Waals surface area contributed by atoms with E-state index in [0.717, 1.165) is 11.4 Å². The molecule has 1 amide bonds. The highest BCUT2D eigenvalue weighted by Crippen LogP contribution is 2.20. The number of benzene rings is 1. The van der Waals surface area contributed by atoms with Crippen molar-refractivity contribution in [3.63, 3.8) is 0 Å². The molecular formula is C20H23N7O3. The molecule has 2 aromatic heterocycles. The van der Waals surface area contributed by atoms with Gasteiger partial charge < -0.3 is 25.1 Å². The minimum absolute atomic E-state index is 0.0890. The van der Waals surface area contributed by atoms with Crippen LogP contribution in [0.5, 0.6) is 5.75 Å². The van der Waals surface area contributed by atoms with Crippen LogP contribution in [0.3, 0.4) is 0 Å². The van der Waals surface area contributed by atoms with E-state index in [4.69, 9.17) is 14.9 Å². The number of nitrogens with zero attached hydrogens (tertiary/aromatic N) is 5. The molecular weight excluding hydrogens is 386 g/mol. The summed E-state index contributed by atoms with van der Waals surface area (Å²) >= 11 is 0. The Morgan fingerprint density at radius 3 is 2.73 bits per heavy atom. The standard InChI is InChI=1S/C20H23N7O3/c1-29-15-5-2-4-14(12-15)22-20-24-17(23-19(21)25-20)13-26-7-9-27(10-8-26)18(28)16-6-3-11-30-16/h2-6,11-12H,7-10,13H2,1H3,(H3,21,22,23,24,25). The van der Waals surface area contributed by atoms with Crippen LogP contribution in [-0.2, 0) is 6.54 Å². The molecule has 0 radical (unpaired) electrons. The number of nitrogens with two attached hydrogens (primary N) is 1. The van der Waals surface area contributed by atoms with Gasteiger partial charge in [-0.3, -0.25) is 9.69 Å². The van der Waals surface area contributed by atoms with Gasteiger partial charge in [0.05, 0.1) is 19.9 Å². The monoisotopic (exact) mass is 409 g/mol. The molecule has 1 fully saturated rings. The maximum atomic E-state index is 12.4. The summed E-state index contributed by atoms with van der Waals surface area (Å²) in [5.41, 5.74) is 6.67. The van der Waals surface area contributed by atoms with Gasteiger partial charge in [-0.05, 0) is 24.3 Å². The summed E-state index contributed by atoms with van der Waals surface area (Å²) in [6.45, 7) is 3.14. The molecule has 1 aliphatic rings. The fourth-order valence-electron chi connectivity index (χ4n) is 3.26. The zero-order chi connectivity index (χ0) is 20.9. The molecule has 0 aliphatic carbocycles. The van der Waals surface area contributed by atoms with E-state index in [2.05, 4.69) is 25.2 Å². The van der Waals surface area contributed by atoms with Crippen molar-refractivity contribution in [3.05, 3.63) is 54.2 Å². The summed E-state index contributed by atoms with van der Waals surface area (Å²) in [5.74, 6) is 2.09. The number of hydrogen-bond acceptors (Lipinski definition) is 9. The van der Waals surface area contributed by atoms with E-state index in [1.54, 1.807) is 24.1 Å². The summed E-state index contributed by atoms with van der Waals surface area (Å²) < 4.78 is 10.4. The maximum Gasteiger partial charge on any atom is 0.289 e. The van der Waals surface area contributed by atoms with Crippen molar-refractivity contribution in [3.8, 4) is 5.75 Å². The summed E-state index contributed by atoms with van der Waals surface area (Å²) in [5, 5.41) is 3.13. The Kier molecular flexibility index (Phi) is 5.75. The quantitative estimate of drug-likeness (QED) is 0.627. The van der Waals surface area contributed by atoms with Gasteiger partial charge in [0.1, 0.15) is 11.6 Å². The highest BCUT2D eigenvalue weighted by molar-refractivity contribution is 5.91. The lowest BCUT2D eigenvalue weighted by molar-refractivity contribution is 0.0595. The maximum absolute atomic E-state index is 12.4. The summed E-state index contributed by atoms with van der Waals surface area (Å²) in [6, 6.07) is 10.8. The molecule has 0 atom stereocenters. The smallest absolute Gasteiger partial charge is 0.289 e. The summed E-state index contributed by atoms with van der Waals surface area (Å²) in [4.78, 5) is 29.2. The molecule has 1 aromatic carbocycles. The fourth-order valence-corrected chi connectivity index (χ4v) is 3.26. The first kappa shape index (κ1) is 19.6. The van der Waals surface area contributed by atoms with Gasteiger partial charge in [-0.2, -0.15) is 15.0 Å². The van der Waals surface area contributed by atoms with Gasteiger partial charge in [0.2, 0.25) is 11.9 Å². The lowest BCUT2D eigenvalue weighted by atomic mass is 10.3. The molecule has 10 heteroatoms. The van der Waals surface area contributed by atoms with Crippen LogP contribution in [-0.4, -0.2) is 63.9 Å². The Labute approximate surface area is 173 Å². The number of methoxy groups -OCH3 is 1. The van der Waals surface area contributed by atoms with Crippen LogP contribution >= 0.6 is 0 Å². The average molecular weight is 409 g/mol. The number of carbonyl (C=O) groups excluding carboxylic acids is 1. The lowest BCUT2D eigenvalue weighted by Crippen LogP contribution is -2.48. The second-order valence-electron chi connectivity index (χ2n) is 6.84. The third-order valence-electron chi connectivity index (χ3n) is 4.78. The SMILES string of the molecule is COc1cccc(Nc2nc(N)nc(CN3CCN(C(=O)c4ccco4)CC3)n2)c1. The lowest BCUT2D eigenvalue weighted by Gasteiger charge is -2.33. The molecule has 30 heavy (non-hydrogen) atoms. The van der Waals surface area contributed by atoms with Crippen LogP contribution < -0.4 is 15.8 Å². The summed E-state index contributed by atoms with van der Waals surface area (Å²) in [6.07, 6.45) is 1.51. The first-order valence-corrected chi connectivity index (χ1v) is 9.57. The van der Waals surface area contributed by atoms with Crippen molar-refractivity contribution >= 4 is 23.5 Å². The Bertz CT molecular complexity index is 1000. The average Bonchev–Trinajstić information content (AvgIpc) is 3.28. The van der Waals surface area contributed by atoms with Gasteiger partial charge >= 0.3 is 0 Å². The largest absolute Gasteiger partial charge is 0.497 e.